The van der Waals surface area contributed by atoms with Crippen LogP contribution in [0.3, 0.4) is 0 Å². The fraction of sp³-hybridized carbons (Fsp3) is 1.00. The van der Waals surface area contributed by atoms with Crippen molar-refractivity contribution >= 4 is 0 Å². The molecule has 0 aromatic carbocycles. The smallest absolute Gasteiger partial charge is 0.167 e. The standard InChI is InChI=1S/C16H34O2/c1-6-7-8-9-10-11-12-13-16(17-4,18-5)14-15(2)3/h15H,6-14H2,1-5H3. The minimum atomic E-state index is -0.350. The number of unbranched alkanes of at least 4 members (excludes halogenated alkanes) is 6. The lowest BCUT2D eigenvalue weighted by molar-refractivity contribution is -0.220. The van der Waals surface area contributed by atoms with Crippen molar-refractivity contribution < 1.29 is 9.47 Å². The molecule has 0 fully saturated rings. The van der Waals surface area contributed by atoms with Crippen LogP contribution in [0.25, 0.3) is 0 Å². The van der Waals surface area contributed by atoms with Gasteiger partial charge < -0.3 is 9.47 Å². The monoisotopic (exact) mass is 258 g/mol. The Kier molecular flexibility index (Phi) is 10.8. The third-order valence-corrected chi connectivity index (χ3v) is 3.62. The molecule has 0 unspecified atom stereocenters. The Morgan fingerprint density at radius 1 is 0.833 bits per heavy atom. The molecule has 0 heterocycles. The molecular formula is C16H34O2. The van der Waals surface area contributed by atoms with Gasteiger partial charge in [-0.1, -0.05) is 59.3 Å². The van der Waals surface area contributed by atoms with Gasteiger partial charge in [0.1, 0.15) is 0 Å². The van der Waals surface area contributed by atoms with Crippen LogP contribution < -0.4 is 0 Å². The van der Waals surface area contributed by atoms with Crippen LogP contribution in [0.2, 0.25) is 0 Å². The molecule has 0 radical (unpaired) electrons. The van der Waals surface area contributed by atoms with Gasteiger partial charge in [-0.3, -0.25) is 0 Å². The lowest BCUT2D eigenvalue weighted by Gasteiger charge is -2.32. The summed E-state index contributed by atoms with van der Waals surface area (Å²) in [4.78, 5) is 0. The maximum Gasteiger partial charge on any atom is 0.167 e. The van der Waals surface area contributed by atoms with Crippen molar-refractivity contribution in [3.63, 3.8) is 0 Å². The topological polar surface area (TPSA) is 18.5 Å². The van der Waals surface area contributed by atoms with Crippen LogP contribution in [0.1, 0.15) is 78.6 Å². The first-order valence-corrected chi connectivity index (χ1v) is 7.70. The van der Waals surface area contributed by atoms with Gasteiger partial charge in [-0.15, -0.1) is 0 Å². The van der Waals surface area contributed by atoms with E-state index in [1.165, 1.54) is 44.9 Å². The summed E-state index contributed by atoms with van der Waals surface area (Å²) in [6.07, 6.45) is 11.3. The fourth-order valence-corrected chi connectivity index (χ4v) is 2.53. The van der Waals surface area contributed by atoms with Gasteiger partial charge in [-0.05, 0) is 12.3 Å². The van der Waals surface area contributed by atoms with E-state index in [1.54, 1.807) is 14.2 Å². The molecular weight excluding hydrogens is 224 g/mol. The molecule has 2 nitrogen and oxygen atoms in total. The highest BCUT2D eigenvalue weighted by atomic mass is 16.7. The van der Waals surface area contributed by atoms with Crippen molar-refractivity contribution in [1.82, 2.24) is 0 Å². The van der Waals surface area contributed by atoms with E-state index in [4.69, 9.17) is 9.47 Å². The highest BCUT2D eigenvalue weighted by Crippen LogP contribution is 2.28. The summed E-state index contributed by atoms with van der Waals surface area (Å²) < 4.78 is 11.2. The Morgan fingerprint density at radius 2 is 1.33 bits per heavy atom. The molecule has 0 aromatic heterocycles. The molecule has 0 amide bonds. The first-order chi connectivity index (χ1) is 8.60. The molecule has 0 aromatic rings. The minimum Gasteiger partial charge on any atom is -0.353 e. The summed E-state index contributed by atoms with van der Waals surface area (Å²) >= 11 is 0. The van der Waals surface area contributed by atoms with E-state index in [0.717, 1.165) is 12.8 Å². The molecule has 0 atom stereocenters. The molecule has 0 bridgehead atoms. The summed E-state index contributed by atoms with van der Waals surface area (Å²) in [5.74, 6) is 0.256. The molecule has 110 valence electrons. The lowest BCUT2D eigenvalue weighted by Crippen LogP contribution is -2.35. The zero-order chi connectivity index (χ0) is 13.9. The quantitative estimate of drug-likeness (QED) is 0.355. The average Bonchev–Trinajstić information content (AvgIpc) is 2.36. The molecule has 0 aliphatic heterocycles. The first-order valence-electron chi connectivity index (χ1n) is 7.70. The third-order valence-electron chi connectivity index (χ3n) is 3.62. The van der Waals surface area contributed by atoms with E-state index >= 15 is 0 Å². The van der Waals surface area contributed by atoms with Crippen molar-refractivity contribution in [3.05, 3.63) is 0 Å². The molecule has 18 heavy (non-hydrogen) atoms. The SMILES string of the molecule is CCCCCCCCCC(CC(C)C)(OC)OC. The molecule has 0 N–H and O–H groups in total. The molecule has 0 rings (SSSR count). The van der Waals surface area contributed by atoms with Crippen molar-refractivity contribution in [3.8, 4) is 0 Å². The van der Waals surface area contributed by atoms with Crippen molar-refractivity contribution in [2.45, 2.75) is 84.3 Å². The van der Waals surface area contributed by atoms with Gasteiger partial charge >= 0.3 is 0 Å². The Hall–Kier alpha value is -0.0800. The molecule has 0 saturated carbocycles. The lowest BCUT2D eigenvalue weighted by atomic mass is 9.96. The highest BCUT2D eigenvalue weighted by molar-refractivity contribution is 4.71. The van der Waals surface area contributed by atoms with E-state index in [-0.39, 0.29) is 5.79 Å². The maximum atomic E-state index is 5.62. The molecule has 2 heteroatoms. The van der Waals surface area contributed by atoms with Gasteiger partial charge in [0.25, 0.3) is 0 Å². The number of ether oxygens (including phenoxy) is 2. The van der Waals surface area contributed by atoms with Crippen LogP contribution in [0.4, 0.5) is 0 Å². The number of hydrogen-bond acceptors (Lipinski definition) is 2. The predicted octanol–water partition coefficient (Wildman–Crippen LogP) is 5.16. The van der Waals surface area contributed by atoms with Crippen LogP contribution in [-0.4, -0.2) is 20.0 Å². The van der Waals surface area contributed by atoms with Gasteiger partial charge in [-0.2, -0.15) is 0 Å². The van der Waals surface area contributed by atoms with E-state index in [1.807, 2.05) is 0 Å². The van der Waals surface area contributed by atoms with Crippen molar-refractivity contribution in [2.24, 2.45) is 5.92 Å². The van der Waals surface area contributed by atoms with E-state index in [2.05, 4.69) is 20.8 Å². The Labute approximate surface area is 114 Å². The fourth-order valence-electron chi connectivity index (χ4n) is 2.53. The zero-order valence-corrected chi connectivity index (χ0v) is 13.3. The van der Waals surface area contributed by atoms with Crippen LogP contribution in [-0.2, 0) is 9.47 Å². The number of hydrogen-bond donors (Lipinski definition) is 0. The van der Waals surface area contributed by atoms with Gasteiger partial charge in [0.05, 0.1) is 0 Å². The largest absolute Gasteiger partial charge is 0.353 e. The second-order valence-electron chi connectivity index (χ2n) is 5.79. The summed E-state index contributed by atoms with van der Waals surface area (Å²) in [7, 11) is 3.54. The average molecular weight is 258 g/mol. The number of methoxy groups -OCH3 is 2. The first kappa shape index (κ1) is 17.9. The second-order valence-corrected chi connectivity index (χ2v) is 5.79. The summed E-state index contributed by atoms with van der Waals surface area (Å²) in [5, 5.41) is 0. The Morgan fingerprint density at radius 3 is 1.78 bits per heavy atom. The Bertz CT molecular complexity index is 174. The maximum absolute atomic E-state index is 5.62. The normalized spacial score (nSPS) is 12.3. The van der Waals surface area contributed by atoms with E-state index in [9.17, 15) is 0 Å². The molecule has 0 aliphatic rings. The highest BCUT2D eigenvalue weighted by Gasteiger charge is 2.29. The second kappa shape index (κ2) is 10.8. The van der Waals surface area contributed by atoms with Crippen molar-refractivity contribution in [2.75, 3.05) is 14.2 Å². The number of rotatable bonds is 12. The van der Waals surface area contributed by atoms with Crippen molar-refractivity contribution in [1.29, 1.82) is 0 Å². The third kappa shape index (κ3) is 8.10. The molecule has 0 saturated heterocycles. The zero-order valence-electron chi connectivity index (χ0n) is 13.3. The van der Waals surface area contributed by atoms with Gasteiger partial charge in [0.15, 0.2) is 5.79 Å². The van der Waals surface area contributed by atoms with E-state index < -0.39 is 0 Å². The summed E-state index contributed by atoms with van der Waals surface area (Å²) in [5.41, 5.74) is 0. The molecule has 0 aliphatic carbocycles. The van der Waals surface area contributed by atoms with Gasteiger partial charge in [0.2, 0.25) is 0 Å². The van der Waals surface area contributed by atoms with Gasteiger partial charge in [-0.25, -0.2) is 0 Å². The Balaban J connectivity index is 3.76. The summed E-state index contributed by atoms with van der Waals surface area (Å²) in [6.45, 7) is 6.70. The minimum absolute atomic E-state index is 0.350. The van der Waals surface area contributed by atoms with Crippen LogP contribution in [0.5, 0.6) is 0 Å². The summed E-state index contributed by atoms with van der Waals surface area (Å²) in [6, 6.07) is 0. The molecule has 0 spiro atoms. The predicted molar refractivity (Wildman–Crippen MR) is 78.8 cm³/mol. The van der Waals surface area contributed by atoms with Crippen LogP contribution >= 0.6 is 0 Å². The van der Waals surface area contributed by atoms with E-state index in [0.29, 0.717) is 5.92 Å². The van der Waals surface area contributed by atoms with Crippen LogP contribution in [0, 0.1) is 5.92 Å². The van der Waals surface area contributed by atoms with Crippen LogP contribution in [0.15, 0.2) is 0 Å². The van der Waals surface area contributed by atoms with Gasteiger partial charge in [0, 0.05) is 27.1 Å².